The molecule has 0 radical (unpaired) electrons. The van der Waals surface area contributed by atoms with Crippen molar-refractivity contribution in [1.82, 2.24) is 20.1 Å². The number of nitrogens with one attached hydrogen (secondary N) is 2. The number of hydrogen-bond acceptors (Lipinski definition) is 6. The third kappa shape index (κ3) is 4.68. The molecule has 0 saturated heterocycles. The van der Waals surface area contributed by atoms with Crippen molar-refractivity contribution in [3.63, 3.8) is 0 Å². The minimum atomic E-state index is -0.424. The summed E-state index contributed by atoms with van der Waals surface area (Å²) in [6.45, 7) is 6.52. The first-order valence-corrected chi connectivity index (χ1v) is 7.60. The second-order valence-corrected chi connectivity index (χ2v) is 5.66. The van der Waals surface area contributed by atoms with Gasteiger partial charge in [0.1, 0.15) is 6.04 Å². The standard InChI is InChI=1S/C12H22N4O3S/c1-5-6-16-11(18)14-15-12(16)20-7-9(10(17)19-4)13-8(2)3/h8-9,13H,5-7H2,1-4H3,(H,14,18). The van der Waals surface area contributed by atoms with E-state index >= 15 is 0 Å². The third-order valence-electron chi connectivity index (χ3n) is 2.57. The number of aromatic nitrogens is 3. The summed E-state index contributed by atoms with van der Waals surface area (Å²) in [5.74, 6) is 0.143. The predicted octanol–water partition coefficient (Wildman–Crippen LogP) is 0.613. The number of hydrogen-bond donors (Lipinski definition) is 2. The first kappa shape index (κ1) is 16.8. The smallest absolute Gasteiger partial charge is 0.343 e. The molecule has 7 nitrogen and oxygen atoms in total. The molecule has 1 heterocycles. The lowest BCUT2D eigenvalue weighted by atomic mass is 10.3. The summed E-state index contributed by atoms with van der Waals surface area (Å²) in [5, 5.41) is 10.1. The minimum Gasteiger partial charge on any atom is -0.468 e. The van der Waals surface area contributed by atoms with Crippen LogP contribution in [0.1, 0.15) is 27.2 Å². The Morgan fingerprint density at radius 2 is 2.25 bits per heavy atom. The number of methoxy groups -OCH3 is 1. The number of esters is 1. The number of aromatic amines is 1. The van der Waals surface area contributed by atoms with Gasteiger partial charge in [-0.3, -0.25) is 9.36 Å². The zero-order valence-electron chi connectivity index (χ0n) is 12.3. The molecule has 0 aliphatic carbocycles. The average Bonchev–Trinajstić information content (AvgIpc) is 2.75. The average molecular weight is 302 g/mol. The van der Waals surface area contributed by atoms with Crippen LogP contribution < -0.4 is 11.0 Å². The van der Waals surface area contributed by atoms with E-state index in [9.17, 15) is 9.59 Å². The highest BCUT2D eigenvalue weighted by atomic mass is 32.2. The van der Waals surface area contributed by atoms with E-state index in [2.05, 4.69) is 15.5 Å². The second-order valence-electron chi connectivity index (χ2n) is 4.67. The van der Waals surface area contributed by atoms with Gasteiger partial charge in [0.05, 0.1) is 7.11 Å². The Balaban J connectivity index is 2.72. The van der Waals surface area contributed by atoms with Crippen molar-refractivity contribution in [1.29, 1.82) is 0 Å². The lowest BCUT2D eigenvalue weighted by molar-refractivity contribution is -0.142. The first-order chi connectivity index (χ1) is 9.49. The molecule has 0 amide bonds. The highest BCUT2D eigenvalue weighted by Crippen LogP contribution is 2.15. The highest BCUT2D eigenvalue weighted by molar-refractivity contribution is 7.99. The van der Waals surface area contributed by atoms with E-state index in [-0.39, 0.29) is 17.7 Å². The fourth-order valence-electron chi connectivity index (χ4n) is 1.72. The van der Waals surface area contributed by atoms with E-state index in [4.69, 9.17) is 4.74 Å². The maximum Gasteiger partial charge on any atom is 0.343 e. The Kier molecular flexibility index (Phi) is 6.80. The molecule has 0 fully saturated rings. The molecule has 114 valence electrons. The molecule has 0 aliphatic heterocycles. The number of carbonyl (C=O) groups is 1. The van der Waals surface area contributed by atoms with Crippen LogP contribution in [0, 0.1) is 0 Å². The quantitative estimate of drug-likeness (QED) is 0.540. The van der Waals surface area contributed by atoms with Crippen molar-refractivity contribution in [3.05, 3.63) is 10.5 Å². The second kappa shape index (κ2) is 8.11. The maximum absolute atomic E-state index is 11.7. The van der Waals surface area contributed by atoms with Gasteiger partial charge in [-0.2, -0.15) is 0 Å². The fraction of sp³-hybridized carbons (Fsp3) is 0.750. The molecule has 8 heteroatoms. The van der Waals surface area contributed by atoms with Crippen molar-refractivity contribution in [2.24, 2.45) is 0 Å². The van der Waals surface area contributed by atoms with Crippen LogP contribution in [0.4, 0.5) is 0 Å². The number of thioether (sulfide) groups is 1. The van der Waals surface area contributed by atoms with E-state index in [0.717, 1.165) is 6.42 Å². The number of rotatable bonds is 8. The molecule has 1 aromatic rings. The van der Waals surface area contributed by atoms with Gasteiger partial charge in [-0.15, -0.1) is 5.10 Å². The van der Waals surface area contributed by atoms with Crippen LogP contribution >= 0.6 is 11.8 Å². The Hall–Kier alpha value is -1.28. The van der Waals surface area contributed by atoms with Crippen molar-refractivity contribution in [2.75, 3.05) is 12.9 Å². The number of ether oxygens (including phenoxy) is 1. The molecule has 20 heavy (non-hydrogen) atoms. The number of H-pyrrole nitrogens is 1. The summed E-state index contributed by atoms with van der Waals surface area (Å²) >= 11 is 1.36. The van der Waals surface area contributed by atoms with Gasteiger partial charge >= 0.3 is 11.7 Å². The summed E-state index contributed by atoms with van der Waals surface area (Å²) in [6.07, 6.45) is 0.845. The SMILES string of the molecule is CCCn1c(SCC(NC(C)C)C(=O)OC)n[nH]c1=O. The van der Waals surface area contributed by atoms with E-state index in [1.54, 1.807) is 4.57 Å². The summed E-state index contributed by atoms with van der Waals surface area (Å²) in [4.78, 5) is 23.3. The lowest BCUT2D eigenvalue weighted by Crippen LogP contribution is -2.43. The topological polar surface area (TPSA) is 89.0 Å². The van der Waals surface area contributed by atoms with Gasteiger partial charge in [-0.25, -0.2) is 9.89 Å². The number of carbonyl (C=O) groups excluding carboxylic acids is 1. The van der Waals surface area contributed by atoms with Crippen LogP contribution in [0.15, 0.2) is 9.95 Å². The molecular weight excluding hydrogens is 280 g/mol. The Morgan fingerprint density at radius 1 is 1.55 bits per heavy atom. The van der Waals surface area contributed by atoms with Crippen LogP contribution in [-0.2, 0) is 16.1 Å². The molecule has 0 spiro atoms. The Labute approximate surface area is 122 Å². The maximum atomic E-state index is 11.7. The van der Waals surface area contributed by atoms with Gasteiger partial charge in [0.15, 0.2) is 5.16 Å². The van der Waals surface area contributed by atoms with Crippen LogP contribution in [-0.4, -0.2) is 45.7 Å². The zero-order valence-corrected chi connectivity index (χ0v) is 13.1. The Bertz CT molecular complexity index is 483. The van der Waals surface area contributed by atoms with Crippen LogP contribution in [0.2, 0.25) is 0 Å². The van der Waals surface area contributed by atoms with Crippen molar-refractivity contribution in [2.45, 2.75) is 51.0 Å². The van der Waals surface area contributed by atoms with Crippen LogP contribution in [0.5, 0.6) is 0 Å². The van der Waals surface area contributed by atoms with Gasteiger partial charge in [0, 0.05) is 18.3 Å². The molecule has 1 rings (SSSR count). The molecule has 2 N–H and O–H groups in total. The summed E-state index contributed by atoms with van der Waals surface area (Å²) < 4.78 is 6.35. The minimum absolute atomic E-state index is 0.164. The summed E-state index contributed by atoms with van der Waals surface area (Å²) in [7, 11) is 1.36. The highest BCUT2D eigenvalue weighted by Gasteiger charge is 2.21. The molecule has 0 aromatic carbocycles. The monoisotopic (exact) mass is 302 g/mol. The van der Waals surface area contributed by atoms with E-state index in [1.165, 1.54) is 18.9 Å². The Morgan fingerprint density at radius 3 is 2.80 bits per heavy atom. The van der Waals surface area contributed by atoms with Crippen molar-refractivity contribution in [3.8, 4) is 0 Å². The van der Waals surface area contributed by atoms with Crippen LogP contribution in [0.3, 0.4) is 0 Å². The van der Waals surface area contributed by atoms with Crippen LogP contribution in [0.25, 0.3) is 0 Å². The zero-order chi connectivity index (χ0) is 15.1. The van der Waals surface area contributed by atoms with Gasteiger partial charge in [0.25, 0.3) is 0 Å². The molecule has 0 saturated carbocycles. The lowest BCUT2D eigenvalue weighted by Gasteiger charge is -2.18. The van der Waals surface area contributed by atoms with Crippen molar-refractivity contribution >= 4 is 17.7 Å². The third-order valence-corrected chi connectivity index (χ3v) is 3.64. The number of nitrogens with zero attached hydrogens (tertiary/aromatic N) is 2. The molecule has 1 atom stereocenters. The first-order valence-electron chi connectivity index (χ1n) is 6.61. The summed E-state index contributed by atoms with van der Waals surface area (Å²) in [6, 6.07) is -0.261. The van der Waals surface area contributed by atoms with Gasteiger partial charge < -0.3 is 10.1 Å². The van der Waals surface area contributed by atoms with Crippen molar-refractivity contribution < 1.29 is 9.53 Å². The molecule has 0 aliphatic rings. The van der Waals surface area contributed by atoms with E-state index in [0.29, 0.717) is 17.5 Å². The fourth-order valence-corrected chi connectivity index (χ4v) is 2.71. The normalized spacial score (nSPS) is 12.7. The predicted molar refractivity (Wildman–Crippen MR) is 77.9 cm³/mol. The largest absolute Gasteiger partial charge is 0.468 e. The van der Waals surface area contributed by atoms with Gasteiger partial charge in [0.2, 0.25) is 0 Å². The van der Waals surface area contributed by atoms with Gasteiger partial charge in [-0.1, -0.05) is 32.5 Å². The molecular formula is C12H22N4O3S. The molecule has 1 aromatic heterocycles. The van der Waals surface area contributed by atoms with E-state index in [1.807, 2.05) is 20.8 Å². The van der Waals surface area contributed by atoms with Gasteiger partial charge in [-0.05, 0) is 6.42 Å². The molecule has 1 unspecified atom stereocenters. The molecule has 0 bridgehead atoms. The van der Waals surface area contributed by atoms with E-state index < -0.39 is 6.04 Å². The summed E-state index contributed by atoms with van der Waals surface area (Å²) in [5.41, 5.74) is -0.221.